The summed E-state index contributed by atoms with van der Waals surface area (Å²) in [6.45, 7) is 6.27. The van der Waals surface area contributed by atoms with Crippen LogP contribution in [0.25, 0.3) is 0 Å². The van der Waals surface area contributed by atoms with Crippen molar-refractivity contribution in [2.24, 2.45) is 23.5 Å². The van der Waals surface area contributed by atoms with Crippen LogP contribution in [0.15, 0.2) is 27.8 Å². The first-order chi connectivity index (χ1) is 17.7. The molecule has 9 nitrogen and oxygen atoms in total. The topological polar surface area (TPSA) is 132 Å². The molecule has 3 rings (SSSR count). The molecule has 0 spiro atoms. The molecule has 1 aliphatic carbocycles. The molecule has 0 amide bonds. The lowest BCUT2D eigenvalue weighted by atomic mass is 9.83. The number of hydrogen-bond donors (Lipinski definition) is 4. The number of methoxy groups -OCH3 is 2. The van der Waals surface area contributed by atoms with Crippen molar-refractivity contribution in [3.05, 3.63) is 44.2 Å². The third kappa shape index (κ3) is 8.18. The Morgan fingerprint density at radius 2 is 1.76 bits per heavy atom. The molecular weight excluding hydrogens is 474 g/mol. The first kappa shape index (κ1) is 28.9. The van der Waals surface area contributed by atoms with Gasteiger partial charge in [-0.1, -0.05) is 19.9 Å². The van der Waals surface area contributed by atoms with E-state index < -0.39 is 23.0 Å². The number of ether oxygens (including phenoxy) is 3. The Bertz CT molecular complexity index is 1060. The van der Waals surface area contributed by atoms with Gasteiger partial charge in [0.15, 0.2) is 11.5 Å². The highest BCUT2D eigenvalue weighted by Gasteiger charge is 2.27. The summed E-state index contributed by atoms with van der Waals surface area (Å²) in [5.41, 5.74) is 7.06. The van der Waals surface area contributed by atoms with Crippen LogP contribution in [-0.2, 0) is 11.2 Å². The highest BCUT2D eigenvalue weighted by Crippen LogP contribution is 2.32. The van der Waals surface area contributed by atoms with Crippen molar-refractivity contribution in [2.75, 3.05) is 51.2 Å². The van der Waals surface area contributed by atoms with E-state index in [1.165, 1.54) is 0 Å². The molecule has 1 fully saturated rings. The Hall–Kier alpha value is -2.62. The minimum absolute atomic E-state index is 0.108. The number of aliphatic hydroxyl groups excluding tert-OH is 1. The zero-order valence-corrected chi connectivity index (χ0v) is 22.5. The van der Waals surface area contributed by atoms with Gasteiger partial charge in [-0.25, -0.2) is 0 Å². The molecule has 37 heavy (non-hydrogen) atoms. The molecule has 0 heterocycles. The van der Waals surface area contributed by atoms with Crippen LogP contribution in [0, 0.1) is 17.8 Å². The van der Waals surface area contributed by atoms with Crippen LogP contribution in [0.5, 0.6) is 11.5 Å². The Balaban J connectivity index is 1.55. The van der Waals surface area contributed by atoms with Crippen molar-refractivity contribution in [3.8, 4) is 11.5 Å². The maximum absolute atomic E-state index is 12.0. The summed E-state index contributed by atoms with van der Waals surface area (Å²) in [6.07, 6.45) is 3.60. The summed E-state index contributed by atoms with van der Waals surface area (Å²) in [6, 6.07) is 5.46. The van der Waals surface area contributed by atoms with E-state index in [0.717, 1.165) is 31.2 Å². The number of rotatable bonds is 18. The third-order valence-electron chi connectivity index (χ3n) is 7.15. The van der Waals surface area contributed by atoms with Crippen molar-refractivity contribution >= 4 is 11.4 Å². The van der Waals surface area contributed by atoms with E-state index in [9.17, 15) is 14.7 Å². The lowest BCUT2D eigenvalue weighted by Crippen LogP contribution is -2.44. The number of hydrogen-bond acceptors (Lipinski definition) is 9. The summed E-state index contributed by atoms with van der Waals surface area (Å²) in [4.78, 5) is 23.9. The van der Waals surface area contributed by atoms with Crippen LogP contribution >= 0.6 is 0 Å². The maximum atomic E-state index is 12.0. The average molecular weight is 518 g/mol. The van der Waals surface area contributed by atoms with Gasteiger partial charge in [0.1, 0.15) is 11.4 Å². The quantitative estimate of drug-likeness (QED) is 0.174. The average Bonchev–Trinajstić information content (AvgIpc) is 3.71. The van der Waals surface area contributed by atoms with Crippen molar-refractivity contribution in [3.63, 3.8) is 0 Å². The predicted octanol–water partition coefficient (Wildman–Crippen LogP) is 2.53. The highest BCUT2D eigenvalue weighted by atomic mass is 16.5. The summed E-state index contributed by atoms with van der Waals surface area (Å²) in [7, 11) is 3.29. The first-order valence-corrected chi connectivity index (χ1v) is 13.3. The molecule has 3 atom stereocenters. The van der Waals surface area contributed by atoms with E-state index in [2.05, 4.69) is 24.5 Å². The molecule has 9 heteroatoms. The van der Waals surface area contributed by atoms with Gasteiger partial charge in [0, 0.05) is 39.3 Å². The van der Waals surface area contributed by atoms with Gasteiger partial charge in [-0.05, 0) is 61.1 Å². The van der Waals surface area contributed by atoms with Crippen LogP contribution in [0.2, 0.25) is 0 Å². The van der Waals surface area contributed by atoms with Gasteiger partial charge in [-0.2, -0.15) is 0 Å². The smallest absolute Gasteiger partial charge is 0.253 e. The number of benzene rings is 1. The van der Waals surface area contributed by atoms with Crippen molar-refractivity contribution in [1.82, 2.24) is 0 Å². The zero-order chi connectivity index (χ0) is 26.9. The fourth-order valence-electron chi connectivity index (χ4n) is 4.40. The minimum Gasteiger partial charge on any atom is -0.493 e. The highest BCUT2D eigenvalue weighted by molar-refractivity contribution is 5.74. The van der Waals surface area contributed by atoms with Crippen LogP contribution < -0.4 is 36.7 Å². The van der Waals surface area contributed by atoms with E-state index in [-0.39, 0.29) is 18.2 Å². The molecule has 0 saturated heterocycles. The molecule has 5 N–H and O–H groups in total. The van der Waals surface area contributed by atoms with Crippen molar-refractivity contribution in [1.29, 1.82) is 0 Å². The van der Waals surface area contributed by atoms with Gasteiger partial charge >= 0.3 is 0 Å². The van der Waals surface area contributed by atoms with Crippen LogP contribution in [-0.4, -0.2) is 57.8 Å². The van der Waals surface area contributed by atoms with E-state index in [4.69, 9.17) is 19.9 Å². The first-order valence-electron chi connectivity index (χ1n) is 13.3. The van der Waals surface area contributed by atoms with Gasteiger partial charge in [0.05, 0.1) is 19.8 Å². The molecule has 0 aromatic heterocycles. The zero-order valence-electron chi connectivity index (χ0n) is 22.5. The molecule has 0 aliphatic heterocycles. The van der Waals surface area contributed by atoms with Crippen molar-refractivity contribution in [2.45, 2.75) is 58.1 Å². The van der Waals surface area contributed by atoms with Gasteiger partial charge in [-0.3, -0.25) is 9.59 Å². The van der Waals surface area contributed by atoms with Crippen molar-refractivity contribution < 1.29 is 19.3 Å². The number of anilines is 2. The Morgan fingerprint density at radius 3 is 2.38 bits per heavy atom. The summed E-state index contributed by atoms with van der Waals surface area (Å²) >= 11 is 0. The molecule has 2 aromatic carbocycles. The van der Waals surface area contributed by atoms with Crippen LogP contribution in [0.4, 0.5) is 11.4 Å². The second-order valence-electron chi connectivity index (χ2n) is 10.5. The molecular formula is C28H43N3O6. The monoisotopic (exact) mass is 517 g/mol. The fourth-order valence-corrected chi connectivity index (χ4v) is 4.40. The van der Waals surface area contributed by atoms with Gasteiger partial charge in [0.25, 0.3) is 10.9 Å². The number of nitrogens with one attached hydrogen (secondary N) is 2. The molecule has 1 saturated carbocycles. The lowest BCUT2D eigenvalue weighted by Gasteiger charge is -2.28. The largest absolute Gasteiger partial charge is 0.493 e. The van der Waals surface area contributed by atoms with E-state index in [0.29, 0.717) is 55.2 Å². The minimum atomic E-state index is -0.863. The Kier molecular flexibility index (Phi) is 10.8. The summed E-state index contributed by atoms with van der Waals surface area (Å²) in [5.74, 6) is 2.52. The number of aliphatic hydroxyl groups is 1. The Labute approximate surface area is 219 Å². The third-order valence-corrected chi connectivity index (χ3v) is 7.15. The molecule has 206 valence electrons. The van der Waals surface area contributed by atoms with E-state index >= 15 is 0 Å². The lowest BCUT2D eigenvalue weighted by molar-refractivity contribution is 0.137. The van der Waals surface area contributed by atoms with E-state index in [1.807, 2.05) is 18.2 Å². The van der Waals surface area contributed by atoms with Gasteiger partial charge in [-0.15, -0.1) is 0 Å². The number of nitrogens with two attached hydrogens (primary N) is 1. The molecule has 1 aliphatic rings. The molecule has 0 radical (unpaired) electrons. The van der Waals surface area contributed by atoms with Crippen LogP contribution in [0.1, 0.15) is 45.1 Å². The summed E-state index contributed by atoms with van der Waals surface area (Å²) < 4.78 is 16.5. The van der Waals surface area contributed by atoms with Gasteiger partial charge < -0.3 is 35.7 Å². The van der Waals surface area contributed by atoms with Crippen LogP contribution in [0.3, 0.4) is 0 Å². The molecule has 2 aromatic rings. The SMILES string of the molecule is COCCCOc1cc(C[C@@H](C[C@H](N)[C@@H](O)CNc2c(NCC3CC3)c(=O)c2=O)C(C)C)ccc1OC. The Morgan fingerprint density at radius 1 is 1.05 bits per heavy atom. The second-order valence-corrected chi connectivity index (χ2v) is 10.5. The predicted molar refractivity (Wildman–Crippen MR) is 147 cm³/mol. The standard InChI is InChI=1S/C28H43N3O6/c1-17(2)20(12-19-8-9-23(36-4)24(13-19)37-11-5-10-35-3)14-21(29)22(32)16-31-26-25(27(33)28(26)34)30-15-18-6-7-18/h8-9,13,17-18,20-22,30-32H,5-7,10-12,14-16,29H2,1-4H3/t20-,21-,22-/m0/s1. The molecule has 0 unspecified atom stereocenters. The summed E-state index contributed by atoms with van der Waals surface area (Å²) in [5, 5.41) is 16.8. The van der Waals surface area contributed by atoms with Gasteiger partial charge in [0.2, 0.25) is 0 Å². The molecule has 0 bridgehead atoms. The van der Waals surface area contributed by atoms with E-state index in [1.54, 1.807) is 14.2 Å². The maximum Gasteiger partial charge on any atom is 0.253 e. The fraction of sp³-hybridized carbons (Fsp3) is 0.643. The normalized spacial score (nSPS) is 16.0. The second kappa shape index (κ2) is 13.8.